The molecule has 0 aromatic heterocycles. The van der Waals surface area contributed by atoms with E-state index in [1.165, 1.54) is 5.56 Å². The Hall–Kier alpha value is -1.79. The maximum atomic E-state index is 9.29. The number of hydrogen-bond donors (Lipinski definition) is 3. The Kier molecular flexibility index (Phi) is 9.15. The first-order valence-electron chi connectivity index (χ1n) is 9.27. The SMILES string of the molecule is CCNC(=NCCCc1ccc(O)cc1)NCCCOC1CCOC1. The van der Waals surface area contributed by atoms with Gasteiger partial charge in [-0.25, -0.2) is 0 Å². The molecule has 1 aliphatic heterocycles. The molecule has 1 atom stereocenters. The monoisotopic (exact) mass is 349 g/mol. The van der Waals surface area contributed by atoms with Gasteiger partial charge in [0.05, 0.1) is 12.7 Å². The molecular formula is C19H31N3O3. The molecule has 140 valence electrons. The summed E-state index contributed by atoms with van der Waals surface area (Å²) in [7, 11) is 0. The lowest BCUT2D eigenvalue weighted by Gasteiger charge is -2.13. The van der Waals surface area contributed by atoms with Gasteiger partial charge in [0.2, 0.25) is 0 Å². The Labute approximate surface area is 150 Å². The van der Waals surface area contributed by atoms with Crippen LogP contribution in [-0.2, 0) is 15.9 Å². The maximum Gasteiger partial charge on any atom is 0.191 e. The second-order valence-electron chi connectivity index (χ2n) is 6.17. The quantitative estimate of drug-likeness (QED) is 0.343. The molecule has 1 fully saturated rings. The summed E-state index contributed by atoms with van der Waals surface area (Å²) in [6.45, 7) is 6.84. The molecule has 0 spiro atoms. The number of aromatic hydroxyl groups is 1. The fourth-order valence-electron chi connectivity index (χ4n) is 2.65. The van der Waals surface area contributed by atoms with Gasteiger partial charge in [-0.05, 0) is 50.3 Å². The van der Waals surface area contributed by atoms with Crippen molar-refractivity contribution >= 4 is 5.96 Å². The first-order chi connectivity index (χ1) is 12.3. The number of aliphatic imine (C=N–C) groups is 1. The lowest BCUT2D eigenvalue weighted by Crippen LogP contribution is -2.38. The third-order valence-corrected chi connectivity index (χ3v) is 4.03. The van der Waals surface area contributed by atoms with Crippen LogP contribution in [-0.4, -0.2) is 56.6 Å². The number of nitrogens with zero attached hydrogens (tertiary/aromatic N) is 1. The summed E-state index contributed by atoms with van der Waals surface area (Å²) in [5.41, 5.74) is 1.22. The van der Waals surface area contributed by atoms with E-state index in [0.29, 0.717) is 5.75 Å². The summed E-state index contributed by atoms with van der Waals surface area (Å²) in [4.78, 5) is 4.61. The van der Waals surface area contributed by atoms with E-state index in [9.17, 15) is 5.11 Å². The van der Waals surface area contributed by atoms with Crippen molar-refractivity contribution in [3.63, 3.8) is 0 Å². The van der Waals surface area contributed by atoms with E-state index in [1.807, 2.05) is 12.1 Å². The predicted molar refractivity (Wildman–Crippen MR) is 100 cm³/mol. The fourth-order valence-corrected chi connectivity index (χ4v) is 2.65. The van der Waals surface area contributed by atoms with Crippen LogP contribution >= 0.6 is 0 Å². The van der Waals surface area contributed by atoms with Gasteiger partial charge in [0.1, 0.15) is 5.75 Å². The summed E-state index contributed by atoms with van der Waals surface area (Å²) >= 11 is 0. The molecule has 6 nitrogen and oxygen atoms in total. The minimum absolute atomic E-state index is 0.279. The van der Waals surface area contributed by atoms with Gasteiger partial charge < -0.3 is 25.2 Å². The van der Waals surface area contributed by atoms with Crippen LogP contribution in [0.1, 0.15) is 31.7 Å². The molecule has 3 N–H and O–H groups in total. The molecule has 0 aliphatic carbocycles. The third kappa shape index (κ3) is 8.23. The van der Waals surface area contributed by atoms with E-state index >= 15 is 0 Å². The van der Waals surface area contributed by atoms with Gasteiger partial charge in [-0.15, -0.1) is 0 Å². The smallest absolute Gasteiger partial charge is 0.191 e. The highest BCUT2D eigenvalue weighted by atomic mass is 16.5. The number of aryl methyl sites for hydroxylation is 1. The van der Waals surface area contributed by atoms with Crippen molar-refractivity contribution in [2.45, 2.75) is 38.7 Å². The Morgan fingerprint density at radius 2 is 2.12 bits per heavy atom. The zero-order valence-electron chi connectivity index (χ0n) is 15.2. The average Bonchev–Trinajstić information content (AvgIpc) is 3.13. The van der Waals surface area contributed by atoms with E-state index in [-0.39, 0.29) is 6.10 Å². The van der Waals surface area contributed by atoms with Crippen molar-refractivity contribution in [1.82, 2.24) is 10.6 Å². The maximum absolute atomic E-state index is 9.29. The lowest BCUT2D eigenvalue weighted by atomic mass is 10.1. The number of guanidine groups is 1. The molecule has 2 rings (SSSR count). The molecule has 1 aromatic rings. The molecular weight excluding hydrogens is 318 g/mol. The van der Waals surface area contributed by atoms with Crippen LogP contribution in [0.15, 0.2) is 29.3 Å². The van der Waals surface area contributed by atoms with E-state index in [2.05, 4.69) is 22.5 Å². The van der Waals surface area contributed by atoms with Gasteiger partial charge in [-0.3, -0.25) is 4.99 Å². The molecule has 0 amide bonds. The largest absolute Gasteiger partial charge is 0.508 e. The number of phenols is 1. The Morgan fingerprint density at radius 1 is 1.28 bits per heavy atom. The molecule has 0 bridgehead atoms. The summed E-state index contributed by atoms with van der Waals surface area (Å²) < 4.78 is 11.1. The number of benzene rings is 1. The van der Waals surface area contributed by atoms with Gasteiger partial charge in [0.25, 0.3) is 0 Å². The molecule has 1 unspecified atom stereocenters. The Bertz CT molecular complexity index is 499. The van der Waals surface area contributed by atoms with Crippen molar-refractivity contribution < 1.29 is 14.6 Å². The van der Waals surface area contributed by atoms with Crippen LogP contribution in [0.5, 0.6) is 5.75 Å². The van der Waals surface area contributed by atoms with Gasteiger partial charge in [-0.1, -0.05) is 12.1 Å². The first-order valence-corrected chi connectivity index (χ1v) is 9.27. The topological polar surface area (TPSA) is 75.1 Å². The van der Waals surface area contributed by atoms with E-state index in [4.69, 9.17) is 9.47 Å². The highest BCUT2D eigenvalue weighted by Crippen LogP contribution is 2.11. The first kappa shape index (κ1) is 19.5. The third-order valence-electron chi connectivity index (χ3n) is 4.03. The van der Waals surface area contributed by atoms with Crippen molar-refractivity contribution in [2.24, 2.45) is 4.99 Å². The number of phenolic OH excluding ortho intramolecular Hbond substituents is 1. The van der Waals surface area contributed by atoms with Crippen molar-refractivity contribution in [1.29, 1.82) is 0 Å². The van der Waals surface area contributed by atoms with E-state index in [1.54, 1.807) is 12.1 Å². The molecule has 6 heteroatoms. The van der Waals surface area contributed by atoms with Crippen molar-refractivity contribution in [3.8, 4) is 5.75 Å². The summed E-state index contributed by atoms with van der Waals surface area (Å²) in [6.07, 6.45) is 4.18. The van der Waals surface area contributed by atoms with Crippen molar-refractivity contribution in [3.05, 3.63) is 29.8 Å². The number of hydrogen-bond acceptors (Lipinski definition) is 4. The molecule has 1 saturated heterocycles. The molecule has 25 heavy (non-hydrogen) atoms. The van der Waals surface area contributed by atoms with Gasteiger partial charge in [0, 0.05) is 32.8 Å². The second-order valence-corrected chi connectivity index (χ2v) is 6.17. The van der Waals surface area contributed by atoms with Crippen LogP contribution in [0.4, 0.5) is 0 Å². The number of rotatable bonds is 10. The van der Waals surface area contributed by atoms with Gasteiger partial charge >= 0.3 is 0 Å². The summed E-state index contributed by atoms with van der Waals surface area (Å²) in [5.74, 6) is 1.17. The summed E-state index contributed by atoms with van der Waals surface area (Å²) in [5, 5.41) is 15.9. The average molecular weight is 349 g/mol. The minimum Gasteiger partial charge on any atom is -0.508 e. The normalized spacial score (nSPS) is 17.6. The molecule has 0 saturated carbocycles. The van der Waals surface area contributed by atoms with E-state index in [0.717, 1.165) is 71.1 Å². The van der Waals surface area contributed by atoms with Crippen LogP contribution in [0.25, 0.3) is 0 Å². The van der Waals surface area contributed by atoms with Crippen LogP contribution in [0.2, 0.25) is 0 Å². The van der Waals surface area contributed by atoms with E-state index < -0.39 is 0 Å². The fraction of sp³-hybridized carbons (Fsp3) is 0.632. The van der Waals surface area contributed by atoms with Crippen LogP contribution in [0, 0.1) is 0 Å². The molecule has 1 aliphatic rings. The highest BCUT2D eigenvalue weighted by molar-refractivity contribution is 5.79. The number of ether oxygens (including phenoxy) is 2. The Morgan fingerprint density at radius 3 is 2.84 bits per heavy atom. The molecule has 1 aromatic carbocycles. The second kappa shape index (κ2) is 11.7. The zero-order chi connectivity index (χ0) is 17.7. The highest BCUT2D eigenvalue weighted by Gasteiger charge is 2.15. The summed E-state index contributed by atoms with van der Waals surface area (Å²) in [6, 6.07) is 7.36. The minimum atomic E-state index is 0.279. The Balaban J connectivity index is 1.59. The lowest BCUT2D eigenvalue weighted by molar-refractivity contribution is 0.0420. The van der Waals surface area contributed by atoms with Crippen LogP contribution < -0.4 is 10.6 Å². The zero-order valence-corrected chi connectivity index (χ0v) is 15.2. The standard InChI is InChI=1S/C19H31N3O3/c1-2-20-19(22-12-4-13-25-18-10-14-24-15-18)21-11-3-5-16-6-8-17(23)9-7-16/h6-9,18,23H,2-5,10-15H2,1H3,(H2,20,21,22). The van der Waals surface area contributed by atoms with Gasteiger partial charge in [-0.2, -0.15) is 0 Å². The molecule has 1 heterocycles. The van der Waals surface area contributed by atoms with Crippen molar-refractivity contribution in [2.75, 3.05) is 39.5 Å². The predicted octanol–water partition coefficient (Wildman–Crippen LogP) is 2.08. The number of nitrogens with one attached hydrogen (secondary N) is 2. The van der Waals surface area contributed by atoms with Crippen LogP contribution in [0.3, 0.4) is 0 Å². The van der Waals surface area contributed by atoms with Gasteiger partial charge in [0.15, 0.2) is 5.96 Å². The molecule has 0 radical (unpaired) electrons.